The van der Waals surface area contributed by atoms with Gasteiger partial charge in [-0.1, -0.05) is 6.92 Å². The van der Waals surface area contributed by atoms with Crippen molar-refractivity contribution >= 4 is 15.5 Å². The first-order chi connectivity index (χ1) is 1.91. The van der Waals surface area contributed by atoms with Gasteiger partial charge < -0.3 is 0 Å². The fraction of sp³-hybridized carbons (Fsp3) is 0.667. The Morgan fingerprint density at radius 3 is 2.00 bits per heavy atom. The molecule has 0 nitrogen and oxygen atoms in total. The first-order valence-electron chi connectivity index (χ1n) is 1.52. The van der Waals surface area contributed by atoms with Crippen LogP contribution >= 0.6 is 0 Å². The summed E-state index contributed by atoms with van der Waals surface area (Å²) >= 11 is 0. The molecule has 0 atom stereocenters. The normalized spacial score (nSPS) is 5.00. The third-order valence-corrected chi connectivity index (χ3v) is 0.866. The molecule has 0 unspecified atom stereocenters. The Hall–Kier alpha value is 0.801. The van der Waals surface area contributed by atoms with Crippen LogP contribution in [-0.2, 0) is 21.7 Å². The Labute approximate surface area is 50.9 Å². The van der Waals surface area contributed by atoms with Crippen LogP contribution in [0.3, 0.4) is 0 Å². The van der Waals surface area contributed by atoms with Crippen LogP contribution in [0.4, 0.5) is 0 Å². The molecule has 0 N–H and O–H groups in total. The van der Waals surface area contributed by atoms with Gasteiger partial charge in [0.2, 0.25) is 0 Å². The fourth-order valence-corrected chi connectivity index (χ4v) is 0. The fourth-order valence-electron chi connectivity index (χ4n) is 0. The maximum atomic E-state index is 2.15. The van der Waals surface area contributed by atoms with Gasteiger partial charge in [-0.2, -0.15) is 0 Å². The van der Waals surface area contributed by atoms with Crippen molar-refractivity contribution in [2.24, 2.45) is 0 Å². The summed E-state index contributed by atoms with van der Waals surface area (Å²) in [5, 5.41) is 0. The molecular formula is C3H8SiTi. The molecular weight excluding hydrogens is 112 g/mol. The summed E-state index contributed by atoms with van der Waals surface area (Å²) in [6, 6.07) is 0. The van der Waals surface area contributed by atoms with E-state index in [1.54, 1.807) is 0 Å². The van der Waals surface area contributed by atoms with Gasteiger partial charge >= 0.3 is 0 Å². The van der Waals surface area contributed by atoms with E-state index in [9.17, 15) is 0 Å². The van der Waals surface area contributed by atoms with Crippen LogP contribution in [0.15, 0.2) is 0 Å². The van der Waals surface area contributed by atoms with Gasteiger partial charge in [-0.3, -0.25) is 0 Å². The summed E-state index contributed by atoms with van der Waals surface area (Å²) in [5.41, 5.74) is 2.15. The smallest absolute Gasteiger partial charge is 0 e. The molecule has 0 spiro atoms. The molecule has 0 heterocycles. The van der Waals surface area contributed by atoms with E-state index in [4.69, 9.17) is 0 Å². The molecule has 0 aromatic rings. The molecule has 0 saturated carbocycles. The predicted molar refractivity (Wildman–Crippen MR) is 24.9 cm³/mol. The van der Waals surface area contributed by atoms with Crippen LogP contribution in [0.2, 0.25) is 0 Å². The van der Waals surface area contributed by atoms with Gasteiger partial charge in [-0.15, -0.1) is 5.67 Å². The third-order valence-electron chi connectivity index (χ3n) is 0.289. The molecule has 0 radical (unpaired) electrons. The Kier molecular flexibility index (Phi) is 16.4. The van der Waals surface area contributed by atoms with E-state index in [0.717, 1.165) is 0 Å². The molecule has 0 aliphatic heterocycles. The molecule has 0 saturated heterocycles. The maximum Gasteiger partial charge on any atom is 0 e. The second-order valence-electron chi connectivity index (χ2n) is 0.697. The number of rotatable bonds is 1. The first-order valence-corrected chi connectivity index (χ1v) is 2.34. The van der Waals surface area contributed by atoms with Crippen molar-refractivity contribution in [1.29, 1.82) is 0 Å². The first kappa shape index (κ1) is 9.25. The van der Waals surface area contributed by atoms with Gasteiger partial charge in [0.25, 0.3) is 0 Å². The Bertz CT molecular complexity index is 20.9. The van der Waals surface area contributed by atoms with E-state index < -0.39 is 0 Å². The van der Waals surface area contributed by atoms with E-state index in [1.165, 1.54) is 6.42 Å². The second kappa shape index (κ2) is 8.84. The Morgan fingerprint density at radius 2 is 2.00 bits per heavy atom. The van der Waals surface area contributed by atoms with Crippen LogP contribution < -0.4 is 0 Å². The minimum atomic E-state index is 0. The van der Waals surface area contributed by atoms with Crippen molar-refractivity contribution in [3.63, 3.8) is 0 Å². The molecule has 28 valence electrons. The van der Waals surface area contributed by atoms with E-state index >= 15 is 0 Å². The number of hydrogen-bond acceptors (Lipinski definition) is 0. The van der Waals surface area contributed by atoms with Crippen molar-refractivity contribution in [1.82, 2.24) is 0 Å². The Balaban J connectivity index is 0. The van der Waals surface area contributed by atoms with Crippen molar-refractivity contribution in [2.45, 2.75) is 13.3 Å². The molecule has 5 heavy (non-hydrogen) atoms. The van der Waals surface area contributed by atoms with E-state index in [2.05, 4.69) is 12.6 Å². The van der Waals surface area contributed by atoms with Crippen LogP contribution in [0, 0.1) is 0 Å². The standard InChI is InChI=1S/C3H8Si.Ti/c1-2-3-4;/h3H,2,4H2,1H3;. The van der Waals surface area contributed by atoms with Crippen LogP contribution in [-0.4, -0.2) is 15.5 Å². The van der Waals surface area contributed by atoms with Crippen molar-refractivity contribution < 1.29 is 21.7 Å². The molecule has 0 fully saturated rings. The topological polar surface area (TPSA) is 0 Å². The van der Waals surface area contributed by atoms with Crippen LogP contribution in [0.5, 0.6) is 0 Å². The molecule has 0 aliphatic carbocycles. The zero-order valence-corrected chi connectivity index (χ0v) is 6.47. The molecule has 0 aromatic carbocycles. The minimum absolute atomic E-state index is 0. The third kappa shape index (κ3) is 11.6. The van der Waals surface area contributed by atoms with E-state index in [0.29, 0.717) is 0 Å². The van der Waals surface area contributed by atoms with Crippen LogP contribution in [0.25, 0.3) is 0 Å². The van der Waals surface area contributed by atoms with Crippen molar-refractivity contribution in [3.8, 4) is 0 Å². The maximum absolute atomic E-state index is 2.15. The largest absolute Gasteiger partial charge is 0.110 e. The summed E-state index contributed by atoms with van der Waals surface area (Å²) in [4.78, 5) is 0. The minimum Gasteiger partial charge on any atom is -0.110 e. The zero-order chi connectivity index (χ0) is 3.41. The van der Waals surface area contributed by atoms with Gasteiger partial charge in [0.15, 0.2) is 0 Å². The Morgan fingerprint density at radius 1 is 1.80 bits per heavy atom. The molecule has 0 aliphatic rings. The average Bonchev–Trinajstić information content (AvgIpc) is 1.37. The van der Waals surface area contributed by atoms with Crippen LogP contribution in [0.1, 0.15) is 13.3 Å². The summed E-state index contributed by atoms with van der Waals surface area (Å²) in [6.07, 6.45) is 1.21. The predicted octanol–water partition coefficient (Wildman–Crippen LogP) is -0.171. The summed E-state index contributed by atoms with van der Waals surface area (Å²) in [7, 11) is 1.90. The molecule has 0 amide bonds. The average molecular weight is 120 g/mol. The van der Waals surface area contributed by atoms with Gasteiger partial charge in [-0.25, -0.2) is 0 Å². The van der Waals surface area contributed by atoms with E-state index in [1.807, 2.05) is 9.85 Å². The molecule has 2 heteroatoms. The van der Waals surface area contributed by atoms with Crippen molar-refractivity contribution in [3.05, 3.63) is 0 Å². The quantitative estimate of drug-likeness (QED) is 0.421. The number of hydrogen-bond donors (Lipinski definition) is 0. The van der Waals surface area contributed by atoms with Crippen molar-refractivity contribution in [2.75, 3.05) is 0 Å². The molecule has 0 rings (SSSR count). The van der Waals surface area contributed by atoms with Gasteiger partial charge in [0.1, 0.15) is 0 Å². The molecule has 0 bridgehead atoms. The van der Waals surface area contributed by atoms with Gasteiger partial charge in [0, 0.05) is 21.7 Å². The SMILES string of the molecule is CCC=[SiH2].[Ti]. The van der Waals surface area contributed by atoms with Gasteiger partial charge in [-0.05, 0) is 16.3 Å². The monoisotopic (exact) mass is 120 g/mol. The summed E-state index contributed by atoms with van der Waals surface area (Å²) in [5.74, 6) is 0. The zero-order valence-electron chi connectivity index (χ0n) is 3.49. The van der Waals surface area contributed by atoms with Gasteiger partial charge in [0.05, 0.1) is 0 Å². The van der Waals surface area contributed by atoms with E-state index in [-0.39, 0.29) is 21.7 Å². The second-order valence-corrected chi connectivity index (χ2v) is 1.27. The molecule has 0 aromatic heterocycles. The summed E-state index contributed by atoms with van der Waals surface area (Å²) < 4.78 is 0. The summed E-state index contributed by atoms with van der Waals surface area (Å²) in [6.45, 7) is 2.13.